The summed E-state index contributed by atoms with van der Waals surface area (Å²) in [5.74, 6) is -1.09. The van der Waals surface area contributed by atoms with E-state index < -0.39 is 5.97 Å². The molecule has 0 bridgehead atoms. The van der Waals surface area contributed by atoms with E-state index in [-0.39, 0.29) is 18.3 Å². The van der Waals surface area contributed by atoms with Crippen LogP contribution in [0.4, 0.5) is 0 Å². The molecule has 0 atom stereocenters. The molecule has 3 nitrogen and oxygen atoms in total. The van der Waals surface area contributed by atoms with Gasteiger partial charge in [-0.05, 0) is 52.5 Å². The molecule has 0 unspecified atom stereocenters. The predicted molar refractivity (Wildman–Crippen MR) is 85.0 cm³/mol. The topological polar surface area (TPSA) is 43.4 Å². The SMILES string of the molecule is CC(C)=CCCC(C)=CCOC(=O)C(=O)C1CCCCC1. The van der Waals surface area contributed by atoms with Gasteiger partial charge in [0.1, 0.15) is 6.61 Å². The summed E-state index contributed by atoms with van der Waals surface area (Å²) in [5.41, 5.74) is 2.50. The molecule has 0 radical (unpaired) electrons. The van der Waals surface area contributed by atoms with Crippen LogP contribution in [0.1, 0.15) is 65.7 Å². The highest BCUT2D eigenvalue weighted by molar-refractivity contribution is 6.34. The molecule has 1 saturated carbocycles. The van der Waals surface area contributed by atoms with Crippen LogP contribution in [-0.2, 0) is 14.3 Å². The molecular weight excluding hydrogens is 264 g/mol. The third-order valence-corrected chi connectivity index (χ3v) is 3.91. The molecule has 0 aliphatic heterocycles. The van der Waals surface area contributed by atoms with E-state index in [4.69, 9.17) is 4.74 Å². The smallest absolute Gasteiger partial charge is 0.375 e. The molecule has 0 N–H and O–H groups in total. The van der Waals surface area contributed by atoms with Crippen LogP contribution >= 0.6 is 0 Å². The lowest BCUT2D eigenvalue weighted by molar-refractivity contribution is -0.155. The van der Waals surface area contributed by atoms with Crippen LogP contribution in [0.25, 0.3) is 0 Å². The fourth-order valence-corrected chi connectivity index (χ4v) is 2.55. The lowest BCUT2D eigenvalue weighted by Gasteiger charge is -2.18. The Balaban J connectivity index is 2.28. The zero-order chi connectivity index (χ0) is 15.7. The summed E-state index contributed by atoms with van der Waals surface area (Å²) in [6, 6.07) is 0. The molecular formula is C18H28O3. The monoisotopic (exact) mass is 292 g/mol. The van der Waals surface area contributed by atoms with Crippen molar-refractivity contribution in [3.05, 3.63) is 23.3 Å². The van der Waals surface area contributed by atoms with Crippen molar-refractivity contribution in [2.24, 2.45) is 5.92 Å². The van der Waals surface area contributed by atoms with Crippen LogP contribution in [0.15, 0.2) is 23.3 Å². The maximum Gasteiger partial charge on any atom is 0.375 e. The largest absolute Gasteiger partial charge is 0.456 e. The Morgan fingerprint density at radius 2 is 1.71 bits per heavy atom. The van der Waals surface area contributed by atoms with Crippen LogP contribution in [-0.4, -0.2) is 18.4 Å². The van der Waals surface area contributed by atoms with Gasteiger partial charge in [0, 0.05) is 5.92 Å². The minimum Gasteiger partial charge on any atom is -0.456 e. The quantitative estimate of drug-likeness (QED) is 0.397. The summed E-state index contributed by atoms with van der Waals surface area (Å²) in [6.45, 7) is 6.39. The summed E-state index contributed by atoms with van der Waals surface area (Å²) >= 11 is 0. The van der Waals surface area contributed by atoms with Crippen LogP contribution < -0.4 is 0 Å². The summed E-state index contributed by atoms with van der Waals surface area (Å²) < 4.78 is 5.07. The Labute approximate surface area is 128 Å². The molecule has 1 aliphatic carbocycles. The molecule has 1 aliphatic rings. The van der Waals surface area contributed by atoms with E-state index in [9.17, 15) is 9.59 Å². The van der Waals surface area contributed by atoms with Gasteiger partial charge in [-0.2, -0.15) is 0 Å². The van der Waals surface area contributed by atoms with Gasteiger partial charge < -0.3 is 4.74 Å². The number of carbonyl (C=O) groups excluding carboxylic acids is 2. The van der Waals surface area contributed by atoms with Crippen molar-refractivity contribution in [2.45, 2.75) is 65.7 Å². The fourth-order valence-electron chi connectivity index (χ4n) is 2.55. The Bertz CT molecular complexity index is 408. The molecule has 0 spiro atoms. The number of hydrogen-bond donors (Lipinski definition) is 0. The number of rotatable bonds is 7. The van der Waals surface area contributed by atoms with Gasteiger partial charge in [0.05, 0.1) is 0 Å². The van der Waals surface area contributed by atoms with E-state index in [1.807, 2.05) is 13.0 Å². The van der Waals surface area contributed by atoms with E-state index in [1.54, 1.807) is 0 Å². The number of allylic oxidation sites excluding steroid dienone is 3. The molecule has 1 fully saturated rings. The number of carbonyl (C=O) groups is 2. The van der Waals surface area contributed by atoms with Gasteiger partial charge in [0.15, 0.2) is 0 Å². The third kappa shape index (κ3) is 7.26. The van der Waals surface area contributed by atoms with Crippen molar-refractivity contribution >= 4 is 11.8 Å². The zero-order valence-corrected chi connectivity index (χ0v) is 13.6. The van der Waals surface area contributed by atoms with E-state index in [0.717, 1.165) is 38.5 Å². The first-order valence-corrected chi connectivity index (χ1v) is 8.00. The van der Waals surface area contributed by atoms with Crippen molar-refractivity contribution < 1.29 is 14.3 Å². The Hall–Kier alpha value is -1.38. The van der Waals surface area contributed by atoms with Crippen LogP contribution in [0.3, 0.4) is 0 Å². The lowest BCUT2D eigenvalue weighted by Crippen LogP contribution is -2.27. The second-order valence-electron chi connectivity index (χ2n) is 6.17. The Morgan fingerprint density at radius 3 is 2.33 bits per heavy atom. The average molecular weight is 292 g/mol. The lowest BCUT2D eigenvalue weighted by atomic mass is 9.86. The molecule has 0 aromatic carbocycles. The second kappa shape index (κ2) is 9.54. The zero-order valence-electron chi connectivity index (χ0n) is 13.6. The number of Topliss-reactive ketones (excluding diaryl/α,β-unsaturated/α-hetero) is 1. The van der Waals surface area contributed by atoms with Crippen LogP contribution in [0.2, 0.25) is 0 Å². The van der Waals surface area contributed by atoms with Gasteiger partial charge >= 0.3 is 5.97 Å². The standard InChI is InChI=1S/C18H28O3/c1-14(2)8-7-9-15(3)12-13-21-18(20)17(19)16-10-5-4-6-11-16/h8,12,16H,4-7,9-11,13H2,1-3H3. The molecule has 1 rings (SSSR count). The fraction of sp³-hybridized carbons (Fsp3) is 0.667. The van der Waals surface area contributed by atoms with Crippen LogP contribution in [0.5, 0.6) is 0 Å². The van der Waals surface area contributed by atoms with Crippen molar-refractivity contribution in [1.82, 2.24) is 0 Å². The highest BCUT2D eigenvalue weighted by Crippen LogP contribution is 2.24. The summed E-state index contributed by atoms with van der Waals surface area (Å²) in [5, 5.41) is 0. The molecule has 21 heavy (non-hydrogen) atoms. The summed E-state index contributed by atoms with van der Waals surface area (Å²) in [4.78, 5) is 23.6. The number of ether oxygens (including phenoxy) is 1. The molecule has 0 aromatic heterocycles. The molecule has 3 heteroatoms. The normalized spacial score (nSPS) is 16.4. The summed E-state index contributed by atoms with van der Waals surface area (Å²) in [7, 11) is 0. The first-order valence-electron chi connectivity index (χ1n) is 8.00. The molecule has 0 heterocycles. The number of esters is 1. The number of hydrogen-bond acceptors (Lipinski definition) is 3. The van der Waals surface area contributed by atoms with Gasteiger partial charge in [0.25, 0.3) is 0 Å². The number of ketones is 1. The maximum absolute atomic E-state index is 11.9. The summed E-state index contributed by atoms with van der Waals surface area (Å²) in [6.07, 6.45) is 11.0. The van der Waals surface area contributed by atoms with E-state index in [2.05, 4.69) is 19.9 Å². The maximum atomic E-state index is 11.9. The first kappa shape index (κ1) is 17.7. The van der Waals surface area contributed by atoms with Gasteiger partial charge in [-0.15, -0.1) is 0 Å². The predicted octanol–water partition coefficient (Wildman–Crippen LogP) is 4.37. The average Bonchev–Trinajstić information content (AvgIpc) is 2.46. The van der Waals surface area contributed by atoms with Crippen LogP contribution in [0, 0.1) is 5.92 Å². The molecule has 0 saturated heterocycles. The highest BCUT2D eigenvalue weighted by Gasteiger charge is 2.27. The van der Waals surface area contributed by atoms with E-state index >= 15 is 0 Å². The van der Waals surface area contributed by atoms with Gasteiger partial charge in [-0.25, -0.2) is 4.79 Å². The first-order chi connectivity index (χ1) is 10.0. The Kier molecular flexibility index (Phi) is 8.03. The van der Waals surface area contributed by atoms with Gasteiger partial charge in [-0.1, -0.05) is 36.5 Å². The van der Waals surface area contributed by atoms with E-state index in [0.29, 0.717) is 0 Å². The van der Waals surface area contributed by atoms with Crippen molar-refractivity contribution in [2.75, 3.05) is 6.61 Å². The Morgan fingerprint density at radius 1 is 1.05 bits per heavy atom. The minimum atomic E-state index is -0.657. The minimum absolute atomic E-state index is 0.103. The molecule has 0 amide bonds. The van der Waals surface area contributed by atoms with Crippen molar-refractivity contribution in [3.8, 4) is 0 Å². The van der Waals surface area contributed by atoms with Gasteiger partial charge in [0.2, 0.25) is 5.78 Å². The second-order valence-corrected chi connectivity index (χ2v) is 6.17. The molecule has 0 aromatic rings. The third-order valence-electron chi connectivity index (χ3n) is 3.91. The highest BCUT2D eigenvalue weighted by atomic mass is 16.5. The van der Waals surface area contributed by atoms with Gasteiger partial charge in [-0.3, -0.25) is 4.79 Å². The van der Waals surface area contributed by atoms with Crippen molar-refractivity contribution in [3.63, 3.8) is 0 Å². The van der Waals surface area contributed by atoms with E-state index in [1.165, 1.54) is 17.6 Å². The molecule has 118 valence electrons. The van der Waals surface area contributed by atoms with Crippen molar-refractivity contribution in [1.29, 1.82) is 0 Å².